The predicted octanol–water partition coefficient (Wildman–Crippen LogP) is 1.09. The molecule has 9 heteroatoms. The fourth-order valence-corrected chi connectivity index (χ4v) is 4.06. The standard InChI is InChI=1S/C17H22N2O6S/c1-11(2)10-14(17(22)23)18-26(24,25)9-5-8-19-15(20)12-6-3-4-7-13(12)16(19)21/h3-4,6-7,11,14,18H,5,8-10H2,1-2H3,(H,22,23)/t14-/m1/s1. The largest absolute Gasteiger partial charge is 0.480 e. The van der Waals surface area contributed by atoms with Gasteiger partial charge in [0, 0.05) is 6.54 Å². The van der Waals surface area contributed by atoms with Crippen molar-refractivity contribution < 1.29 is 27.9 Å². The van der Waals surface area contributed by atoms with E-state index in [-0.39, 0.29) is 31.1 Å². The van der Waals surface area contributed by atoms with E-state index in [2.05, 4.69) is 4.72 Å². The van der Waals surface area contributed by atoms with Gasteiger partial charge in [-0.2, -0.15) is 0 Å². The summed E-state index contributed by atoms with van der Waals surface area (Å²) in [5.74, 6) is -2.49. The van der Waals surface area contributed by atoms with Gasteiger partial charge in [-0.15, -0.1) is 0 Å². The van der Waals surface area contributed by atoms with Crippen LogP contribution in [0.15, 0.2) is 24.3 Å². The van der Waals surface area contributed by atoms with Crippen molar-refractivity contribution in [3.05, 3.63) is 35.4 Å². The van der Waals surface area contributed by atoms with Gasteiger partial charge in [0.25, 0.3) is 11.8 Å². The van der Waals surface area contributed by atoms with Crippen molar-refractivity contribution in [3.8, 4) is 0 Å². The molecule has 26 heavy (non-hydrogen) atoms. The van der Waals surface area contributed by atoms with Crippen LogP contribution in [0.1, 0.15) is 47.4 Å². The molecule has 0 saturated carbocycles. The number of nitrogens with zero attached hydrogens (tertiary/aromatic N) is 1. The molecule has 0 unspecified atom stereocenters. The van der Waals surface area contributed by atoms with E-state index in [0.717, 1.165) is 4.90 Å². The molecule has 1 aliphatic heterocycles. The van der Waals surface area contributed by atoms with Crippen LogP contribution in [0, 0.1) is 5.92 Å². The minimum absolute atomic E-state index is 0.0112. The normalized spacial score (nSPS) is 15.4. The summed E-state index contributed by atoms with van der Waals surface area (Å²) >= 11 is 0. The zero-order chi connectivity index (χ0) is 19.5. The first-order chi connectivity index (χ1) is 12.1. The van der Waals surface area contributed by atoms with Crippen molar-refractivity contribution in [3.63, 3.8) is 0 Å². The van der Waals surface area contributed by atoms with Crippen LogP contribution < -0.4 is 4.72 Å². The maximum atomic E-state index is 12.2. The Morgan fingerprint density at radius 3 is 2.15 bits per heavy atom. The number of carboxylic acid groups (broad SMARTS) is 1. The number of hydrogen-bond donors (Lipinski definition) is 2. The summed E-state index contributed by atoms with van der Waals surface area (Å²) in [6.45, 7) is 3.55. The Labute approximate surface area is 152 Å². The van der Waals surface area contributed by atoms with E-state index in [9.17, 15) is 22.8 Å². The van der Waals surface area contributed by atoms with Crippen LogP contribution in [0.4, 0.5) is 0 Å². The molecule has 142 valence electrons. The summed E-state index contributed by atoms with van der Waals surface area (Å²) < 4.78 is 26.4. The van der Waals surface area contributed by atoms with Crippen LogP contribution in [-0.2, 0) is 14.8 Å². The maximum absolute atomic E-state index is 12.2. The molecule has 2 amide bonds. The first-order valence-corrected chi connectivity index (χ1v) is 9.95. The number of fused-ring (bicyclic) bond motifs is 1. The van der Waals surface area contributed by atoms with E-state index in [1.54, 1.807) is 38.1 Å². The molecular weight excluding hydrogens is 360 g/mol. The average molecular weight is 382 g/mol. The highest BCUT2D eigenvalue weighted by molar-refractivity contribution is 7.89. The summed E-state index contributed by atoms with van der Waals surface area (Å²) in [6, 6.07) is 5.22. The lowest BCUT2D eigenvalue weighted by atomic mass is 10.1. The highest BCUT2D eigenvalue weighted by atomic mass is 32.2. The van der Waals surface area contributed by atoms with Crippen LogP contribution >= 0.6 is 0 Å². The second kappa shape index (κ2) is 7.96. The molecule has 8 nitrogen and oxygen atoms in total. The highest BCUT2D eigenvalue weighted by Crippen LogP contribution is 2.22. The SMILES string of the molecule is CC(C)C[C@@H](NS(=O)(=O)CCCN1C(=O)c2ccccc2C1=O)C(=O)O. The molecule has 0 saturated heterocycles. The Bertz CT molecular complexity index is 783. The molecule has 0 bridgehead atoms. The number of nitrogens with one attached hydrogen (secondary N) is 1. The minimum atomic E-state index is -3.85. The van der Waals surface area contributed by atoms with E-state index in [0.29, 0.717) is 11.1 Å². The molecule has 0 aliphatic carbocycles. The van der Waals surface area contributed by atoms with E-state index in [1.165, 1.54) is 0 Å². The van der Waals surface area contributed by atoms with Crippen LogP contribution in [-0.4, -0.2) is 54.5 Å². The highest BCUT2D eigenvalue weighted by Gasteiger charge is 2.35. The molecule has 1 heterocycles. The lowest BCUT2D eigenvalue weighted by Gasteiger charge is -2.17. The van der Waals surface area contributed by atoms with Gasteiger partial charge in [0.05, 0.1) is 16.9 Å². The molecule has 1 aromatic rings. The third kappa shape index (κ3) is 4.67. The second-order valence-corrected chi connectivity index (χ2v) is 8.49. The maximum Gasteiger partial charge on any atom is 0.321 e. The van der Waals surface area contributed by atoms with Gasteiger partial charge in [0.15, 0.2) is 0 Å². The minimum Gasteiger partial charge on any atom is -0.480 e. The van der Waals surface area contributed by atoms with Crippen molar-refractivity contribution in [2.45, 2.75) is 32.7 Å². The zero-order valence-electron chi connectivity index (χ0n) is 14.6. The van der Waals surface area contributed by atoms with Crippen molar-refractivity contribution in [2.75, 3.05) is 12.3 Å². The Kier molecular flexibility index (Phi) is 6.14. The summed E-state index contributed by atoms with van der Waals surface area (Å²) in [7, 11) is -3.85. The van der Waals surface area contributed by atoms with Crippen LogP contribution in [0.2, 0.25) is 0 Å². The molecular formula is C17H22N2O6S. The number of benzene rings is 1. The van der Waals surface area contributed by atoms with Crippen molar-refractivity contribution >= 4 is 27.8 Å². The lowest BCUT2D eigenvalue weighted by molar-refractivity contribution is -0.139. The smallest absolute Gasteiger partial charge is 0.321 e. The number of rotatable bonds is 9. The Balaban J connectivity index is 1.94. The van der Waals surface area contributed by atoms with Gasteiger partial charge in [-0.3, -0.25) is 19.3 Å². The van der Waals surface area contributed by atoms with Gasteiger partial charge in [-0.05, 0) is 30.9 Å². The number of amides is 2. The average Bonchev–Trinajstić information content (AvgIpc) is 2.79. The molecule has 0 aromatic heterocycles. The van der Waals surface area contributed by atoms with Gasteiger partial charge in [-0.25, -0.2) is 13.1 Å². The summed E-state index contributed by atoms with van der Waals surface area (Å²) in [4.78, 5) is 36.6. The molecule has 1 atom stereocenters. The molecule has 2 rings (SSSR count). The van der Waals surface area contributed by atoms with Gasteiger partial charge < -0.3 is 5.11 Å². The molecule has 0 spiro atoms. The quantitative estimate of drug-likeness (QED) is 0.617. The number of hydrogen-bond acceptors (Lipinski definition) is 5. The number of carboxylic acids is 1. The zero-order valence-corrected chi connectivity index (χ0v) is 15.5. The van der Waals surface area contributed by atoms with E-state index in [1.807, 2.05) is 0 Å². The van der Waals surface area contributed by atoms with Gasteiger partial charge in [0.1, 0.15) is 6.04 Å². The molecule has 0 fully saturated rings. The van der Waals surface area contributed by atoms with Crippen LogP contribution in [0.25, 0.3) is 0 Å². The topological polar surface area (TPSA) is 121 Å². The van der Waals surface area contributed by atoms with Crippen LogP contribution in [0.5, 0.6) is 0 Å². The van der Waals surface area contributed by atoms with Gasteiger partial charge >= 0.3 is 5.97 Å². The molecule has 0 radical (unpaired) electrons. The second-order valence-electron chi connectivity index (χ2n) is 6.62. The fourth-order valence-electron chi connectivity index (χ4n) is 2.80. The van der Waals surface area contributed by atoms with E-state index >= 15 is 0 Å². The number of carbonyl (C=O) groups is 3. The third-order valence-electron chi connectivity index (χ3n) is 4.00. The van der Waals surface area contributed by atoms with Crippen molar-refractivity contribution in [1.82, 2.24) is 9.62 Å². The van der Waals surface area contributed by atoms with Gasteiger partial charge in [0.2, 0.25) is 10.0 Å². The summed E-state index contributed by atoms with van der Waals surface area (Å²) in [6.07, 6.45) is 0.196. The number of imide groups is 1. The Morgan fingerprint density at radius 1 is 1.15 bits per heavy atom. The van der Waals surface area contributed by atoms with Gasteiger partial charge in [-0.1, -0.05) is 26.0 Å². The third-order valence-corrected chi connectivity index (χ3v) is 5.47. The monoisotopic (exact) mass is 382 g/mol. The summed E-state index contributed by atoms with van der Waals surface area (Å²) in [5.41, 5.74) is 0.614. The first kappa shape index (κ1) is 20.1. The Hall–Kier alpha value is -2.26. The number of carbonyl (C=O) groups excluding carboxylic acids is 2. The van der Waals surface area contributed by atoms with E-state index in [4.69, 9.17) is 5.11 Å². The number of sulfonamides is 1. The predicted molar refractivity (Wildman–Crippen MR) is 94.2 cm³/mol. The van der Waals surface area contributed by atoms with Crippen LogP contribution in [0.3, 0.4) is 0 Å². The lowest BCUT2D eigenvalue weighted by Crippen LogP contribution is -2.43. The Morgan fingerprint density at radius 2 is 1.69 bits per heavy atom. The van der Waals surface area contributed by atoms with E-state index < -0.39 is 33.8 Å². The molecule has 1 aliphatic rings. The van der Waals surface area contributed by atoms with Crippen molar-refractivity contribution in [2.24, 2.45) is 5.92 Å². The molecule has 1 aromatic carbocycles. The fraction of sp³-hybridized carbons (Fsp3) is 0.471. The van der Waals surface area contributed by atoms with Crippen molar-refractivity contribution in [1.29, 1.82) is 0 Å². The number of aliphatic carboxylic acids is 1. The first-order valence-electron chi connectivity index (χ1n) is 8.30. The molecule has 2 N–H and O–H groups in total. The summed E-state index contributed by atoms with van der Waals surface area (Å²) in [5, 5.41) is 9.13.